The van der Waals surface area contributed by atoms with Gasteiger partial charge in [0.25, 0.3) is 0 Å². The molecule has 1 saturated carbocycles. The molecule has 1 aliphatic carbocycles. The molecule has 0 amide bonds. The van der Waals surface area contributed by atoms with Gasteiger partial charge in [0, 0.05) is 32.1 Å². The SMILES string of the molecule is CNc1cc(N2CC[C@@H](O)C2)nc(C2CC2)n1. The van der Waals surface area contributed by atoms with Gasteiger partial charge in [-0.2, -0.15) is 0 Å². The smallest absolute Gasteiger partial charge is 0.136 e. The van der Waals surface area contributed by atoms with Crippen molar-refractivity contribution in [1.82, 2.24) is 9.97 Å². The second-order valence-electron chi connectivity index (χ2n) is 4.88. The molecule has 0 aromatic carbocycles. The number of hydrogen-bond acceptors (Lipinski definition) is 5. The van der Waals surface area contributed by atoms with Crippen molar-refractivity contribution in [3.05, 3.63) is 11.9 Å². The summed E-state index contributed by atoms with van der Waals surface area (Å²) in [6.45, 7) is 1.57. The number of nitrogens with one attached hydrogen (secondary N) is 1. The van der Waals surface area contributed by atoms with E-state index in [0.717, 1.165) is 30.4 Å². The molecule has 0 unspecified atom stereocenters. The fraction of sp³-hybridized carbons (Fsp3) is 0.667. The van der Waals surface area contributed by atoms with E-state index >= 15 is 0 Å². The number of β-amino-alcohol motifs (C(OH)–C–C–N with tert-alkyl or cyclic N) is 1. The summed E-state index contributed by atoms with van der Waals surface area (Å²) in [5.74, 6) is 3.32. The highest BCUT2D eigenvalue weighted by Gasteiger charge is 2.29. The highest BCUT2D eigenvalue weighted by Crippen LogP contribution is 2.39. The zero-order valence-electron chi connectivity index (χ0n) is 10.1. The number of aromatic nitrogens is 2. The minimum absolute atomic E-state index is 0.215. The van der Waals surface area contributed by atoms with E-state index in [0.29, 0.717) is 12.5 Å². The van der Waals surface area contributed by atoms with Crippen LogP contribution < -0.4 is 10.2 Å². The number of nitrogens with zero attached hydrogens (tertiary/aromatic N) is 3. The van der Waals surface area contributed by atoms with E-state index in [2.05, 4.69) is 20.2 Å². The first-order chi connectivity index (χ1) is 8.26. The zero-order chi connectivity index (χ0) is 11.8. The Bertz CT molecular complexity index is 419. The van der Waals surface area contributed by atoms with Gasteiger partial charge in [0.15, 0.2) is 0 Å². The third-order valence-electron chi connectivity index (χ3n) is 3.42. The summed E-state index contributed by atoms with van der Waals surface area (Å²) in [4.78, 5) is 11.3. The number of rotatable bonds is 3. The summed E-state index contributed by atoms with van der Waals surface area (Å²) in [5, 5.41) is 12.7. The Morgan fingerprint density at radius 3 is 2.76 bits per heavy atom. The molecule has 17 heavy (non-hydrogen) atoms. The molecule has 0 spiro atoms. The lowest BCUT2D eigenvalue weighted by Gasteiger charge is -2.18. The lowest BCUT2D eigenvalue weighted by Crippen LogP contribution is -2.23. The Morgan fingerprint density at radius 1 is 1.35 bits per heavy atom. The summed E-state index contributed by atoms with van der Waals surface area (Å²) in [6.07, 6.45) is 3.02. The van der Waals surface area contributed by atoms with Gasteiger partial charge < -0.3 is 15.3 Å². The van der Waals surface area contributed by atoms with Crippen LogP contribution >= 0.6 is 0 Å². The van der Waals surface area contributed by atoms with Gasteiger partial charge in [0.05, 0.1) is 6.10 Å². The summed E-state index contributed by atoms with van der Waals surface area (Å²) in [5.41, 5.74) is 0. The molecule has 1 aromatic heterocycles. The van der Waals surface area contributed by atoms with Crippen LogP contribution in [0.25, 0.3) is 0 Å². The Morgan fingerprint density at radius 2 is 2.18 bits per heavy atom. The Hall–Kier alpha value is -1.36. The van der Waals surface area contributed by atoms with Crippen LogP contribution in [-0.2, 0) is 0 Å². The molecule has 1 aromatic rings. The first kappa shape index (κ1) is 10.8. The summed E-state index contributed by atoms with van der Waals surface area (Å²) in [6, 6.07) is 1.96. The van der Waals surface area contributed by atoms with Gasteiger partial charge in [0.1, 0.15) is 17.5 Å². The van der Waals surface area contributed by atoms with E-state index in [1.165, 1.54) is 12.8 Å². The number of aliphatic hydroxyl groups excluding tert-OH is 1. The first-order valence-electron chi connectivity index (χ1n) is 6.26. The zero-order valence-corrected chi connectivity index (χ0v) is 10.1. The van der Waals surface area contributed by atoms with Crippen molar-refractivity contribution in [1.29, 1.82) is 0 Å². The highest BCUT2D eigenvalue weighted by atomic mass is 16.3. The Labute approximate surface area is 101 Å². The predicted octanol–water partition coefficient (Wildman–Crippen LogP) is 0.967. The molecule has 1 saturated heterocycles. The van der Waals surface area contributed by atoms with Crippen LogP contribution in [0.4, 0.5) is 11.6 Å². The molecule has 92 valence electrons. The maximum Gasteiger partial charge on any atom is 0.136 e. The topological polar surface area (TPSA) is 61.3 Å². The molecule has 1 aliphatic heterocycles. The normalized spacial score (nSPS) is 24.1. The maximum atomic E-state index is 9.58. The van der Waals surface area contributed by atoms with Crippen molar-refractivity contribution >= 4 is 11.6 Å². The quantitative estimate of drug-likeness (QED) is 0.816. The molecule has 2 fully saturated rings. The molecule has 5 heteroatoms. The number of aliphatic hydroxyl groups is 1. The molecular weight excluding hydrogens is 216 g/mol. The average molecular weight is 234 g/mol. The molecule has 0 bridgehead atoms. The van der Waals surface area contributed by atoms with Crippen LogP contribution in [-0.4, -0.2) is 41.3 Å². The minimum atomic E-state index is -0.215. The van der Waals surface area contributed by atoms with Crippen molar-refractivity contribution in [3.8, 4) is 0 Å². The highest BCUT2D eigenvalue weighted by molar-refractivity contribution is 5.50. The van der Waals surface area contributed by atoms with Gasteiger partial charge >= 0.3 is 0 Å². The van der Waals surface area contributed by atoms with E-state index in [1.54, 1.807) is 0 Å². The molecule has 2 heterocycles. The van der Waals surface area contributed by atoms with Gasteiger partial charge in [-0.05, 0) is 19.3 Å². The van der Waals surface area contributed by atoms with E-state index in [-0.39, 0.29) is 6.10 Å². The van der Waals surface area contributed by atoms with Gasteiger partial charge in [-0.25, -0.2) is 9.97 Å². The van der Waals surface area contributed by atoms with Crippen molar-refractivity contribution in [2.75, 3.05) is 30.4 Å². The van der Waals surface area contributed by atoms with Crippen molar-refractivity contribution in [2.45, 2.75) is 31.3 Å². The third-order valence-corrected chi connectivity index (χ3v) is 3.42. The van der Waals surface area contributed by atoms with Gasteiger partial charge in [-0.3, -0.25) is 0 Å². The van der Waals surface area contributed by atoms with Crippen LogP contribution in [0.3, 0.4) is 0 Å². The molecule has 0 radical (unpaired) electrons. The molecule has 1 atom stereocenters. The van der Waals surface area contributed by atoms with E-state index in [1.807, 2.05) is 13.1 Å². The average Bonchev–Trinajstić information content (AvgIpc) is 3.11. The van der Waals surface area contributed by atoms with Gasteiger partial charge in [-0.1, -0.05) is 0 Å². The van der Waals surface area contributed by atoms with E-state index in [4.69, 9.17) is 0 Å². The van der Waals surface area contributed by atoms with Crippen LogP contribution in [0.1, 0.15) is 31.0 Å². The fourth-order valence-electron chi connectivity index (χ4n) is 2.22. The van der Waals surface area contributed by atoms with Crippen molar-refractivity contribution < 1.29 is 5.11 Å². The van der Waals surface area contributed by atoms with E-state index < -0.39 is 0 Å². The lowest BCUT2D eigenvalue weighted by atomic mass is 10.3. The van der Waals surface area contributed by atoms with Gasteiger partial charge in [-0.15, -0.1) is 0 Å². The third kappa shape index (κ3) is 2.20. The first-order valence-corrected chi connectivity index (χ1v) is 6.26. The van der Waals surface area contributed by atoms with Crippen LogP contribution in [0.15, 0.2) is 6.07 Å². The number of hydrogen-bond donors (Lipinski definition) is 2. The second kappa shape index (κ2) is 4.14. The summed E-state index contributed by atoms with van der Waals surface area (Å²) >= 11 is 0. The standard InChI is InChI=1S/C12H18N4O/c1-13-10-6-11(16-5-4-9(17)7-16)15-12(14-10)8-2-3-8/h6,8-9,17H,2-5,7H2,1H3,(H,13,14,15)/t9-/m1/s1. The second-order valence-corrected chi connectivity index (χ2v) is 4.88. The fourth-order valence-corrected chi connectivity index (χ4v) is 2.22. The van der Waals surface area contributed by atoms with Crippen LogP contribution in [0.2, 0.25) is 0 Å². The molecule has 2 N–H and O–H groups in total. The summed E-state index contributed by atoms with van der Waals surface area (Å²) in [7, 11) is 1.88. The largest absolute Gasteiger partial charge is 0.391 e. The molecule has 5 nitrogen and oxygen atoms in total. The molecule has 2 aliphatic rings. The molecule has 3 rings (SSSR count). The Balaban J connectivity index is 1.89. The minimum Gasteiger partial charge on any atom is -0.391 e. The van der Waals surface area contributed by atoms with Crippen LogP contribution in [0, 0.1) is 0 Å². The lowest BCUT2D eigenvalue weighted by molar-refractivity contribution is 0.198. The molecular formula is C12H18N4O. The number of anilines is 2. The predicted molar refractivity (Wildman–Crippen MR) is 66.4 cm³/mol. The monoisotopic (exact) mass is 234 g/mol. The van der Waals surface area contributed by atoms with Gasteiger partial charge in [0.2, 0.25) is 0 Å². The summed E-state index contributed by atoms with van der Waals surface area (Å²) < 4.78 is 0. The van der Waals surface area contributed by atoms with Crippen molar-refractivity contribution in [3.63, 3.8) is 0 Å². The Kier molecular flexibility index (Phi) is 2.63. The van der Waals surface area contributed by atoms with Crippen LogP contribution in [0.5, 0.6) is 0 Å². The van der Waals surface area contributed by atoms with E-state index in [9.17, 15) is 5.11 Å². The van der Waals surface area contributed by atoms with Crippen molar-refractivity contribution in [2.24, 2.45) is 0 Å². The maximum absolute atomic E-state index is 9.58.